The van der Waals surface area contributed by atoms with Crippen molar-refractivity contribution in [2.75, 3.05) is 0 Å². The number of nitrogens with two attached hydrogens (primary N) is 1. The molecule has 2 N–H and O–H groups in total. The lowest BCUT2D eigenvalue weighted by Gasteiger charge is -2.04. The molecular formula is C12H11F3N2O. The molecule has 0 saturated heterocycles. The van der Waals surface area contributed by atoms with Crippen LogP contribution in [0.25, 0.3) is 11.3 Å². The normalized spacial score (nSPS) is 11.8. The summed E-state index contributed by atoms with van der Waals surface area (Å²) in [4.78, 5) is 3.42. The number of alkyl halides is 3. The topological polar surface area (TPSA) is 52.0 Å². The van der Waals surface area contributed by atoms with Gasteiger partial charge in [-0.1, -0.05) is 12.1 Å². The van der Waals surface area contributed by atoms with Gasteiger partial charge in [-0.15, -0.1) is 0 Å². The van der Waals surface area contributed by atoms with E-state index in [0.717, 1.165) is 17.4 Å². The third-order valence-corrected chi connectivity index (χ3v) is 2.61. The first-order valence-corrected chi connectivity index (χ1v) is 5.24. The third-order valence-electron chi connectivity index (χ3n) is 2.61. The molecule has 18 heavy (non-hydrogen) atoms. The molecule has 0 amide bonds. The zero-order valence-electron chi connectivity index (χ0n) is 9.58. The summed E-state index contributed by atoms with van der Waals surface area (Å²) in [6.45, 7) is 2.21. The van der Waals surface area contributed by atoms with Crippen molar-refractivity contribution < 1.29 is 17.6 Å². The molecule has 6 heteroatoms. The predicted molar refractivity (Wildman–Crippen MR) is 59.6 cm³/mol. The number of hydrogen-bond acceptors (Lipinski definition) is 3. The standard InChI is InChI=1S/C12H11F3N2O/c1-7-2-3-8(4-9(7)5-16)10-6-18-11(17-10)12(13,14)15/h2-4,6H,5,16H2,1H3. The van der Waals surface area contributed by atoms with Gasteiger partial charge in [0.1, 0.15) is 12.0 Å². The van der Waals surface area contributed by atoms with Gasteiger partial charge >= 0.3 is 12.1 Å². The lowest BCUT2D eigenvalue weighted by molar-refractivity contribution is -0.157. The van der Waals surface area contributed by atoms with Gasteiger partial charge in [0.25, 0.3) is 0 Å². The molecule has 2 rings (SSSR count). The van der Waals surface area contributed by atoms with Gasteiger partial charge in [0.15, 0.2) is 0 Å². The van der Waals surface area contributed by atoms with Gasteiger partial charge in [0.2, 0.25) is 0 Å². The molecule has 0 aliphatic heterocycles. The molecule has 3 nitrogen and oxygen atoms in total. The maximum absolute atomic E-state index is 12.4. The molecule has 1 heterocycles. The fraction of sp³-hybridized carbons (Fsp3) is 0.250. The van der Waals surface area contributed by atoms with Gasteiger partial charge in [-0.25, -0.2) is 4.98 Å². The molecule has 1 aromatic heterocycles. The molecule has 0 spiro atoms. The minimum Gasteiger partial charge on any atom is -0.441 e. The summed E-state index contributed by atoms with van der Waals surface area (Å²) < 4.78 is 41.5. The second-order valence-electron chi connectivity index (χ2n) is 3.88. The molecule has 0 unspecified atom stereocenters. The Labute approximate surface area is 101 Å². The summed E-state index contributed by atoms with van der Waals surface area (Å²) in [6, 6.07) is 5.19. The molecule has 0 saturated carbocycles. The lowest BCUT2D eigenvalue weighted by atomic mass is 10.0. The van der Waals surface area contributed by atoms with Crippen LogP contribution in [0.2, 0.25) is 0 Å². The molecule has 96 valence electrons. The summed E-state index contributed by atoms with van der Waals surface area (Å²) in [6.07, 6.45) is -3.58. The van der Waals surface area contributed by atoms with E-state index in [9.17, 15) is 13.2 Å². The van der Waals surface area contributed by atoms with Crippen molar-refractivity contribution in [3.63, 3.8) is 0 Å². The van der Waals surface area contributed by atoms with Crippen molar-refractivity contribution in [2.24, 2.45) is 5.73 Å². The van der Waals surface area contributed by atoms with Gasteiger partial charge in [-0.3, -0.25) is 0 Å². The van der Waals surface area contributed by atoms with Crippen LogP contribution in [-0.4, -0.2) is 4.98 Å². The Morgan fingerprint density at radius 2 is 2.06 bits per heavy atom. The number of rotatable bonds is 2. The Morgan fingerprint density at radius 1 is 1.33 bits per heavy atom. The molecule has 0 atom stereocenters. The van der Waals surface area contributed by atoms with Crippen molar-refractivity contribution in [1.82, 2.24) is 4.98 Å². The van der Waals surface area contributed by atoms with E-state index in [0.29, 0.717) is 12.1 Å². The highest BCUT2D eigenvalue weighted by Crippen LogP contribution is 2.31. The maximum Gasteiger partial charge on any atom is 0.468 e. The fourth-order valence-corrected chi connectivity index (χ4v) is 1.59. The Bertz CT molecular complexity index is 561. The highest BCUT2D eigenvalue weighted by molar-refractivity contribution is 5.60. The average molecular weight is 256 g/mol. The van der Waals surface area contributed by atoms with Crippen molar-refractivity contribution in [1.29, 1.82) is 0 Å². The van der Waals surface area contributed by atoms with Gasteiger partial charge in [-0.05, 0) is 24.1 Å². The highest BCUT2D eigenvalue weighted by Gasteiger charge is 2.37. The second kappa shape index (κ2) is 4.45. The summed E-state index contributed by atoms with van der Waals surface area (Å²) in [5.74, 6) is -1.24. The Hall–Kier alpha value is -1.82. The van der Waals surface area contributed by atoms with Crippen LogP contribution >= 0.6 is 0 Å². The number of nitrogens with zero attached hydrogens (tertiary/aromatic N) is 1. The van der Waals surface area contributed by atoms with Crippen LogP contribution in [0.1, 0.15) is 17.0 Å². The highest BCUT2D eigenvalue weighted by atomic mass is 19.4. The van der Waals surface area contributed by atoms with E-state index in [1.54, 1.807) is 18.2 Å². The first-order valence-electron chi connectivity index (χ1n) is 5.24. The minimum atomic E-state index is -4.57. The first-order chi connectivity index (χ1) is 8.41. The average Bonchev–Trinajstić information content (AvgIpc) is 2.78. The quantitative estimate of drug-likeness (QED) is 0.898. The van der Waals surface area contributed by atoms with Crippen molar-refractivity contribution >= 4 is 0 Å². The largest absolute Gasteiger partial charge is 0.468 e. The SMILES string of the molecule is Cc1ccc(-c2coc(C(F)(F)F)n2)cc1CN. The minimum absolute atomic E-state index is 0.150. The predicted octanol–water partition coefficient (Wildman–Crippen LogP) is 3.13. The fourth-order valence-electron chi connectivity index (χ4n) is 1.59. The molecule has 0 radical (unpaired) electrons. The number of halogens is 3. The molecule has 0 aliphatic rings. The molecule has 0 aliphatic carbocycles. The number of aryl methyl sites for hydroxylation is 1. The summed E-state index contributed by atoms with van der Waals surface area (Å²) in [5, 5.41) is 0. The Kier molecular flexibility index (Phi) is 3.13. The van der Waals surface area contributed by atoms with E-state index in [1.165, 1.54) is 0 Å². The zero-order valence-corrected chi connectivity index (χ0v) is 9.58. The lowest BCUT2D eigenvalue weighted by Crippen LogP contribution is -2.05. The molecular weight excluding hydrogens is 245 g/mol. The molecule has 0 bridgehead atoms. The van der Waals surface area contributed by atoms with Gasteiger partial charge in [-0.2, -0.15) is 13.2 Å². The number of benzene rings is 1. The Morgan fingerprint density at radius 3 is 2.61 bits per heavy atom. The van der Waals surface area contributed by atoms with E-state index in [-0.39, 0.29) is 5.69 Å². The first kappa shape index (κ1) is 12.6. The molecule has 0 fully saturated rings. The third kappa shape index (κ3) is 2.38. The van der Waals surface area contributed by atoms with Crippen LogP contribution in [0.4, 0.5) is 13.2 Å². The van der Waals surface area contributed by atoms with Crippen LogP contribution in [0.5, 0.6) is 0 Å². The van der Waals surface area contributed by atoms with Crippen LogP contribution < -0.4 is 5.73 Å². The van der Waals surface area contributed by atoms with Crippen LogP contribution in [0.3, 0.4) is 0 Å². The molecule has 2 aromatic rings. The van der Waals surface area contributed by atoms with E-state index < -0.39 is 12.1 Å². The molecule has 1 aromatic carbocycles. The summed E-state index contributed by atoms with van der Waals surface area (Å²) in [7, 11) is 0. The van der Waals surface area contributed by atoms with E-state index >= 15 is 0 Å². The van der Waals surface area contributed by atoms with Gasteiger partial charge in [0.05, 0.1) is 0 Å². The van der Waals surface area contributed by atoms with Crippen LogP contribution in [0, 0.1) is 6.92 Å². The van der Waals surface area contributed by atoms with Crippen LogP contribution in [0.15, 0.2) is 28.9 Å². The monoisotopic (exact) mass is 256 g/mol. The number of oxazole rings is 1. The maximum atomic E-state index is 12.4. The number of hydrogen-bond donors (Lipinski definition) is 1. The van der Waals surface area contributed by atoms with Crippen molar-refractivity contribution in [3.8, 4) is 11.3 Å². The van der Waals surface area contributed by atoms with Crippen molar-refractivity contribution in [2.45, 2.75) is 19.6 Å². The summed E-state index contributed by atoms with van der Waals surface area (Å²) >= 11 is 0. The smallest absolute Gasteiger partial charge is 0.441 e. The van der Waals surface area contributed by atoms with Gasteiger partial charge < -0.3 is 10.2 Å². The van der Waals surface area contributed by atoms with E-state index in [2.05, 4.69) is 9.40 Å². The summed E-state index contributed by atoms with van der Waals surface area (Å²) in [5.41, 5.74) is 8.11. The van der Waals surface area contributed by atoms with Crippen LogP contribution in [-0.2, 0) is 12.7 Å². The van der Waals surface area contributed by atoms with Gasteiger partial charge in [0, 0.05) is 12.1 Å². The van der Waals surface area contributed by atoms with E-state index in [1.807, 2.05) is 6.92 Å². The Balaban J connectivity index is 2.40. The van der Waals surface area contributed by atoms with Crippen molar-refractivity contribution in [3.05, 3.63) is 41.5 Å². The number of aromatic nitrogens is 1. The zero-order chi connectivity index (χ0) is 13.3. The second-order valence-corrected chi connectivity index (χ2v) is 3.88. The van der Waals surface area contributed by atoms with E-state index in [4.69, 9.17) is 5.73 Å².